The van der Waals surface area contributed by atoms with Crippen LogP contribution in [0, 0.1) is 51.2 Å². The van der Waals surface area contributed by atoms with E-state index in [9.17, 15) is 24.9 Å². The number of aromatic hydroxyl groups is 1. The normalized spacial score (nSPS) is 45.5. The lowest BCUT2D eigenvalue weighted by molar-refractivity contribution is -0.231. The summed E-state index contributed by atoms with van der Waals surface area (Å²) in [7, 11) is 0. The van der Waals surface area contributed by atoms with Crippen molar-refractivity contribution in [1.29, 1.82) is 0 Å². The van der Waals surface area contributed by atoms with Crippen LogP contribution in [0.4, 0.5) is 5.69 Å². The molecule has 8 aliphatic rings. The Labute approximate surface area is 326 Å². The second kappa shape index (κ2) is 12.4. The van der Waals surface area contributed by atoms with Gasteiger partial charge in [-0.05, 0) is 133 Å². The molecule has 7 heteroatoms. The molecule has 55 heavy (non-hydrogen) atoms. The predicted octanol–water partition coefficient (Wildman–Crippen LogP) is 8.43. The molecule has 2 aromatic carbocycles. The van der Waals surface area contributed by atoms with Crippen molar-refractivity contribution < 1.29 is 29.6 Å². The molecule has 1 saturated heterocycles. The van der Waals surface area contributed by atoms with E-state index in [0.29, 0.717) is 37.5 Å². The summed E-state index contributed by atoms with van der Waals surface area (Å²) in [6.07, 6.45) is 9.77. The monoisotopic (exact) mass is 747 g/mol. The minimum absolute atomic E-state index is 0.124. The van der Waals surface area contributed by atoms with Crippen molar-refractivity contribution in [1.82, 2.24) is 0 Å². The fourth-order valence-electron chi connectivity index (χ4n) is 15.2. The van der Waals surface area contributed by atoms with Crippen LogP contribution in [0.1, 0.15) is 122 Å². The van der Waals surface area contributed by atoms with Crippen molar-refractivity contribution in [3.63, 3.8) is 0 Å². The van der Waals surface area contributed by atoms with Gasteiger partial charge in [0.2, 0.25) is 0 Å². The first kappa shape index (κ1) is 37.3. The third-order valence-corrected chi connectivity index (χ3v) is 17.6. The number of phenolic OH excluding ortho intramolecular Hbond substituents is 1. The number of allylic oxidation sites excluding steroid dienone is 4. The van der Waals surface area contributed by atoms with Crippen molar-refractivity contribution in [3.05, 3.63) is 83.0 Å². The zero-order valence-electron chi connectivity index (χ0n) is 33.6. The van der Waals surface area contributed by atoms with Crippen LogP contribution in [0.2, 0.25) is 0 Å². The molecule has 4 saturated carbocycles. The number of carbonyl (C=O) groups excluding carboxylic acids is 2. The number of nitrogens with two attached hydrogens (primary N) is 1. The molecule has 5 fully saturated rings. The number of epoxide rings is 1. The maximum atomic E-state index is 14.7. The van der Waals surface area contributed by atoms with Gasteiger partial charge in [0, 0.05) is 28.9 Å². The molecule has 0 amide bonds. The Bertz CT molecular complexity index is 2000. The first-order chi connectivity index (χ1) is 26.0. The van der Waals surface area contributed by atoms with Gasteiger partial charge in [0.15, 0.2) is 5.78 Å². The minimum Gasteiger partial charge on any atom is -0.508 e. The number of hydrogen-bond acceptors (Lipinski definition) is 7. The molecule has 0 aromatic heterocycles. The fourth-order valence-corrected chi connectivity index (χ4v) is 15.2. The molecule has 15 atom stereocenters. The van der Waals surface area contributed by atoms with Gasteiger partial charge in [-0.3, -0.25) is 9.59 Å². The smallest absolute Gasteiger partial charge is 0.159 e. The minimum atomic E-state index is -0.750. The summed E-state index contributed by atoms with van der Waals surface area (Å²) in [5.41, 5.74) is 8.74. The SMILES string of the molecule is C[C@H](C[C@@H](O)[C@H]1O[C@]1(C)[C@@H]1CCC[C@H]1c1cccc(N)c1)C1=C2CC[C@@H]3[C@@]4(C)[C@@H]([C@@H](O)C[C@]3(C)[C@@]2(C)CC1=O)[C@]1(C)CC=C[C@H]4[C@@H](c2cccc(O)c2)C1=O. The second-order valence-corrected chi connectivity index (χ2v) is 20.2. The average molecular weight is 748 g/mol. The van der Waals surface area contributed by atoms with Gasteiger partial charge in [-0.1, -0.05) is 83.0 Å². The van der Waals surface area contributed by atoms with E-state index in [0.717, 1.165) is 48.9 Å². The van der Waals surface area contributed by atoms with Crippen LogP contribution in [0.15, 0.2) is 71.8 Å². The number of fused-ring (bicyclic) bond motifs is 5. The standard InChI is InChI=1S/C48H61NO6/c1-26(21-35(51)43-48(6,55-43)32-16-9-15-31(32)27-11-7-13-29(49)22-27)39-33-18-19-38-46(4,45(33,3)24-36(39)52)25-37(53)41-44(2)20-10-17-34(47(38,41)5)40(42(44)54)28-12-8-14-30(50)23-28/h7-8,10-14,17,22-23,26,31-32,34-35,37-38,40-41,43,50-51,53H,9,15-16,18-21,24-25,49H2,1-6H3/t26-,31+,32-,34+,35-,37+,38+,40-,41+,43-,44+,45+,46+,47+,48-/m1/s1. The predicted molar refractivity (Wildman–Crippen MR) is 213 cm³/mol. The van der Waals surface area contributed by atoms with Gasteiger partial charge < -0.3 is 25.8 Å². The van der Waals surface area contributed by atoms with Crippen LogP contribution in [0.25, 0.3) is 0 Å². The fraction of sp³-hybridized carbons (Fsp3) is 0.625. The number of carbonyl (C=O) groups is 2. The number of aliphatic hydroxyl groups is 2. The number of benzene rings is 2. The molecule has 0 unspecified atom stereocenters. The summed E-state index contributed by atoms with van der Waals surface area (Å²) in [6.45, 7) is 13.3. The Kier molecular flexibility index (Phi) is 8.39. The number of anilines is 1. The van der Waals surface area contributed by atoms with Crippen molar-refractivity contribution >= 4 is 17.3 Å². The highest BCUT2D eigenvalue weighted by atomic mass is 16.6. The third kappa shape index (κ3) is 5.03. The maximum Gasteiger partial charge on any atom is 0.159 e. The van der Waals surface area contributed by atoms with Crippen LogP contribution in [0.5, 0.6) is 5.75 Å². The lowest BCUT2D eigenvalue weighted by Gasteiger charge is -2.71. The number of ether oxygens (including phenoxy) is 1. The molecular weight excluding hydrogens is 687 g/mol. The molecule has 2 aromatic rings. The lowest BCUT2D eigenvalue weighted by Crippen LogP contribution is -2.69. The van der Waals surface area contributed by atoms with E-state index in [-0.39, 0.29) is 47.1 Å². The maximum absolute atomic E-state index is 14.7. The molecule has 7 aliphatic carbocycles. The molecule has 0 spiro atoms. The zero-order valence-corrected chi connectivity index (χ0v) is 33.6. The Hall–Kier alpha value is -3.26. The molecule has 5 N–H and O–H groups in total. The molecule has 10 rings (SSSR count). The second-order valence-electron chi connectivity index (χ2n) is 20.2. The first-order valence-corrected chi connectivity index (χ1v) is 21.1. The van der Waals surface area contributed by atoms with Gasteiger partial charge in [-0.2, -0.15) is 0 Å². The molecule has 2 bridgehead atoms. The summed E-state index contributed by atoms with van der Waals surface area (Å²) < 4.78 is 6.45. The van der Waals surface area contributed by atoms with Gasteiger partial charge in [-0.15, -0.1) is 0 Å². The quantitative estimate of drug-likeness (QED) is 0.127. The number of hydrogen-bond donors (Lipinski definition) is 4. The molecule has 1 aliphatic heterocycles. The van der Waals surface area contributed by atoms with E-state index in [1.165, 1.54) is 11.1 Å². The van der Waals surface area contributed by atoms with Crippen molar-refractivity contribution in [2.45, 2.75) is 135 Å². The van der Waals surface area contributed by atoms with Crippen molar-refractivity contribution in [2.24, 2.45) is 51.2 Å². The number of aliphatic hydroxyl groups excluding tert-OH is 2. The van der Waals surface area contributed by atoms with Crippen LogP contribution in [0.3, 0.4) is 0 Å². The Morgan fingerprint density at radius 3 is 2.47 bits per heavy atom. The number of ketones is 2. The van der Waals surface area contributed by atoms with E-state index in [4.69, 9.17) is 10.5 Å². The Morgan fingerprint density at radius 2 is 1.73 bits per heavy atom. The van der Waals surface area contributed by atoms with Gasteiger partial charge in [0.1, 0.15) is 17.6 Å². The van der Waals surface area contributed by atoms with E-state index in [1.54, 1.807) is 12.1 Å². The molecule has 294 valence electrons. The summed E-state index contributed by atoms with van der Waals surface area (Å²) in [4.78, 5) is 29.1. The van der Waals surface area contributed by atoms with Gasteiger partial charge in [-0.25, -0.2) is 0 Å². The number of phenols is 1. The molecule has 7 nitrogen and oxygen atoms in total. The van der Waals surface area contributed by atoms with Gasteiger partial charge >= 0.3 is 0 Å². The average Bonchev–Trinajstić information content (AvgIpc) is 3.50. The van der Waals surface area contributed by atoms with E-state index >= 15 is 0 Å². The van der Waals surface area contributed by atoms with E-state index in [2.05, 4.69) is 65.8 Å². The Morgan fingerprint density at radius 1 is 0.982 bits per heavy atom. The number of Topliss-reactive ketones (excluding diaryl/α,β-unsaturated/α-hetero) is 2. The van der Waals surface area contributed by atoms with E-state index < -0.39 is 45.4 Å². The molecule has 0 radical (unpaired) electrons. The highest BCUT2D eigenvalue weighted by Gasteiger charge is 2.74. The zero-order chi connectivity index (χ0) is 39.0. The molecular formula is C48H61NO6. The van der Waals surface area contributed by atoms with Gasteiger partial charge in [0.05, 0.1) is 23.7 Å². The number of rotatable bonds is 7. The van der Waals surface area contributed by atoms with Crippen LogP contribution in [-0.2, 0) is 14.3 Å². The largest absolute Gasteiger partial charge is 0.508 e. The summed E-state index contributed by atoms with van der Waals surface area (Å²) in [6, 6.07) is 15.4. The third-order valence-electron chi connectivity index (χ3n) is 17.6. The Balaban J connectivity index is 1.01. The molecule has 1 heterocycles. The summed E-state index contributed by atoms with van der Waals surface area (Å²) >= 11 is 0. The van der Waals surface area contributed by atoms with Crippen LogP contribution in [-0.4, -0.2) is 50.8 Å². The van der Waals surface area contributed by atoms with Crippen LogP contribution < -0.4 is 5.73 Å². The summed E-state index contributed by atoms with van der Waals surface area (Å²) in [5, 5.41) is 34.8. The number of nitrogen functional groups attached to an aromatic ring is 1. The van der Waals surface area contributed by atoms with Crippen LogP contribution >= 0.6 is 0 Å². The summed E-state index contributed by atoms with van der Waals surface area (Å²) in [5.74, 6) is 0.414. The topological polar surface area (TPSA) is 133 Å². The van der Waals surface area contributed by atoms with Crippen molar-refractivity contribution in [3.8, 4) is 5.75 Å². The highest BCUT2D eigenvalue weighted by Crippen LogP contribution is 2.77. The van der Waals surface area contributed by atoms with E-state index in [1.807, 2.05) is 24.3 Å². The highest BCUT2D eigenvalue weighted by molar-refractivity contribution is 6.00. The first-order valence-electron chi connectivity index (χ1n) is 21.1. The lowest BCUT2D eigenvalue weighted by atomic mass is 9.33. The van der Waals surface area contributed by atoms with Crippen molar-refractivity contribution in [2.75, 3.05) is 5.73 Å². The van der Waals surface area contributed by atoms with Gasteiger partial charge in [0.25, 0.3) is 0 Å².